The molecule has 0 fully saturated rings. The van der Waals surface area contributed by atoms with Crippen LogP contribution in [0.15, 0.2) is 78.0 Å². The molecule has 3 aromatic carbocycles. The van der Waals surface area contributed by atoms with Gasteiger partial charge in [-0.2, -0.15) is 0 Å². The normalized spacial score (nSPS) is 11.0. The maximum atomic E-state index is 11.6. The van der Waals surface area contributed by atoms with Crippen molar-refractivity contribution in [3.8, 4) is 16.8 Å². The summed E-state index contributed by atoms with van der Waals surface area (Å²) < 4.78 is 7.07. The molecular formula is C24H22N2O2S. The van der Waals surface area contributed by atoms with Gasteiger partial charge in [-0.3, -0.25) is 9.36 Å². The minimum Gasteiger partial charge on any atom is -0.466 e. The van der Waals surface area contributed by atoms with Crippen molar-refractivity contribution in [1.29, 1.82) is 0 Å². The van der Waals surface area contributed by atoms with Gasteiger partial charge in [-0.25, -0.2) is 4.98 Å². The number of thioether (sulfide) groups is 1. The fourth-order valence-corrected chi connectivity index (χ4v) is 3.74. The molecule has 0 N–H and O–H groups in total. The van der Waals surface area contributed by atoms with Gasteiger partial charge in [-0.05, 0) is 66.3 Å². The molecule has 4 rings (SSSR count). The van der Waals surface area contributed by atoms with Gasteiger partial charge in [0.05, 0.1) is 24.1 Å². The number of carbonyl (C=O) groups excluding carboxylic acids is 1. The molecule has 29 heavy (non-hydrogen) atoms. The van der Waals surface area contributed by atoms with Gasteiger partial charge in [0.25, 0.3) is 0 Å². The van der Waals surface area contributed by atoms with Crippen molar-refractivity contribution >= 4 is 28.8 Å². The van der Waals surface area contributed by atoms with Crippen LogP contribution < -0.4 is 0 Å². The Balaban J connectivity index is 1.59. The second-order valence-electron chi connectivity index (χ2n) is 6.69. The summed E-state index contributed by atoms with van der Waals surface area (Å²) >= 11 is 1.74. The minimum absolute atomic E-state index is 0.202. The summed E-state index contributed by atoms with van der Waals surface area (Å²) in [5.74, 6) is -0.202. The summed E-state index contributed by atoms with van der Waals surface area (Å²) in [6.45, 7) is 2.22. The number of esters is 1. The molecule has 0 unspecified atom stereocenters. The van der Waals surface area contributed by atoms with Crippen molar-refractivity contribution < 1.29 is 9.53 Å². The number of benzene rings is 3. The molecule has 5 heteroatoms. The Morgan fingerprint density at radius 3 is 2.41 bits per heavy atom. The van der Waals surface area contributed by atoms with Gasteiger partial charge in [0.1, 0.15) is 6.33 Å². The molecule has 146 valence electrons. The summed E-state index contributed by atoms with van der Waals surface area (Å²) in [6, 6.07) is 22.8. The predicted octanol–water partition coefficient (Wildman–Crippen LogP) is 5.52. The zero-order valence-corrected chi connectivity index (χ0v) is 17.3. The summed E-state index contributed by atoms with van der Waals surface area (Å²) in [5, 5.41) is 0. The highest BCUT2D eigenvalue weighted by molar-refractivity contribution is 7.98. The van der Waals surface area contributed by atoms with E-state index < -0.39 is 0 Å². The summed E-state index contributed by atoms with van der Waals surface area (Å²) in [5.41, 5.74) is 6.28. The molecule has 1 aromatic heterocycles. The molecule has 0 spiro atoms. The zero-order chi connectivity index (χ0) is 20.2. The lowest BCUT2D eigenvalue weighted by molar-refractivity contribution is -0.142. The number of hydrogen-bond acceptors (Lipinski definition) is 4. The van der Waals surface area contributed by atoms with E-state index in [0.29, 0.717) is 6.61 Å². The molecule has 4 nitrogen and oxygen atoms in total. The van der Waals surface area contributed by atoms with E-state index in [-0.39, 0.29) is 12.4 Å². The lowest BCUT2D eigenvalue weighted by Gasteiger charge is -2.07. The molecule has 1 heterocycles. The van der Waals surface area contributed by atoms with Crippen molar-refractivity contribution in [2.24, 2.45) is 0 Å². The summed E-state index contributed by atoms with van der Waals surface area (Å²) in [7, 11) is 0. The highest BCUT2D eigenvalue weighted by atomic mass is 32.2. The van der Waals surface area contributed by atoms with Gasteiger partial charge in [0, 0.05) is 10.6 Å². The Morgan fingerprint density at radius 2 is 1.72 bits per heavy atom. The molecule has 0 aliphatic carbocycles. The van der Waals surface area contributed by atoms with Crippen LogP contribution in [0.25, 0.3) is 27.8 Å². The first-order valence-electron chi connectivity index (χ1n) is 9.54. The number of nitrogens with zero attached hydrogens (tertiary/aromatic N) is 2. The van der Waals surface area contributed by atoms with Crippen molar-refractivity contribution in [2.75, 3.05) is 12.9 Å². The quantitative estimate of drug-likeness (QED) is 0.315. The summed E-state index contributed by atoms with van der Waals surface area (Å²) in [4.78, 5) is 17.5. The average molecular weight is 403 g/mol. The maximum absolute atomic E-state index is 11.6. The lowest BCUT2D eigenvalue weighted by Crippen LogP contribution is -2.07. The number of aromatic nitrogens is 2. The molecule has 0 saturated carbocycles. The standard InChI is InChI=1S/C24H22N2O2S/c1-3-28-24(27)14-17-4-9-20(10-5-17)26-16-25-22-15-19(8-13-23(22)26)18-6-11-21(29-2)12-7-18/h4-13,15-16H,3,14H2,1-2H3. The average Bonchev–Trinajstić information content (AvgIpc) is 3.18. The van der Waals surface area contributed by atoms with E-state index in [1.54, 1.807) is 11.8 Å². The van der Waals surface area contributed by atoms with E-state index in [9.17, 15) is 4.79 Å². The first-order valence-corrected chi connectivity index (χ1v) is 10.8. The zero-order valence-electron chi connectivity index (χ0n) is 16.5. The molecule has 0 atom stereocenters. The molecule has 0 bridgehead atoms. The maximum Gasteiger partial charge on any atom is 0.310 e. The van der Waals surface area contributed by atoms with Crippen LogP contribution in [0.3, 0.4) is 0 Å². The number of carbonyl (C=O) groups is 1. The number of hydrogen-bond donors (Lipinski definition) is 0. The summed E-state index contributed by atoms with van der Waals surface area (Å²) in [6.07, 6.45) is 4.21. The topological polar surface area (TPSA) is 44.1 Å². The number of imidazole rings is 1. The monoisotopic (exact) mass is 402 g/mol. The third-order valence-corrected chi connectivity index (χ3v) is 5.58. The molecular weight excluding hydrogens is 380 g/mol. The molecule has 0 aliphatic rings. The third kappa shape index (κ3) is 4.20. The van der Waals surface area contributed by atoms with Gasteiger partial charge < -0.3 is 4.74 Å². The lowest BCUT2D eigenvalue weighted by atomic mass is 10.1. The van der Waals surface area contributed by atoms with Gasteiger partial charge in [0.15, 0.2) is 0 Å². The minimum atomic E-state index is -0.202. The van der Waals surface area contributed by atoms with Crippen molar-refractivity contribution in [3.63, 3.8) is 0 Å². The fourth-order valence-electron chi connectivity index (χ4n) is 3.33. The van der Waals surface area contributed by atoms with E-state index in [2.05, 4.69) is 58.3 Å². The first kappa shape index (κ1) is 19.3. The number of fused-ring (bicyclic) bond motifs is 1. The van der Waals surface area contributed by atoms with E-state index in [1.165, 1.54) is 10.5 Å². The second kappa shape index (κ2) is 8.53. The van der Waals surface area contributed by atoms with Crippen LogP contribution in [-0.2, 0) is 16.0 Å². The highest BCUT2D eigenvalue weighted by Gasteiger charge is 2.08. The van der Waals surface area contributed by atoms with Gasteiger partial charge in [-0.15, -0.1) is 11.8 Å². The number of rotatable bonds is 6. The Kier molecular flexibility index (Phi) is 5.67. The number of ether oxygens (including phenoxy) is 1. The van der Waals surface area contributed by atoms with Gasteiger partial charge >= 0.3 is 5.97 Å². The Bertz CT molecular complexity index is 1130. The fraction of sp³-hybridized carbons (Fsp3) is 0.167. The smallest absolute Gasteiger partial charge is 0.310 e. The van der Waals surface area contributed by atoms with Crippen molar-refractivity contribution in [3.05, 3.63) is 78.6 Å². The molecule has 0 radical (unpaired) electrons. The third-order valence-electron chi connectivity index (χ3n) is 4.84. The predicted molar refractivity (Wildman–Crippen MR) is 119 cm³/mol. The van der Waals surface area contributed by atoms with E-state index in [4.69, 9.17) is 4.74 Å². The van der Waals surface area contributed by atoms with Crippen LogP contribution in [0.4, 0.5) is 0 Å². The van der Waals surface area contributed by atoms with Crippen LogP contribution in [0.5, 0.6) is 0 Å². The van der Waals surface area contributed by atoms with Crippen molar-refractivity contribution in [1.82, 2.24) is 9.55 Å². The molecule has 0 aliphatic heterocycles. The van der Waals surface area contributed by atoms with Crippen molar-refractivity contribution in [2.45, 2.75) is 18.2 Å². The van der Waals surface area contributed by atoms with Crippen LogP contribution >= 0.6 is 11.8 Å². The van der Waals surface area contributed by atoms with E-state index >= 15 is 0 Å². The first-order chi connectivity index (χ1) is 14.2. The van der Waals surface area contributed by atoms with Crippen LogP contribution in [-0.4, -0.2) is 28.4 Å². The second-order valence-corrected chi connectivity index (χ2v) is 7.57. The Labute approximate surface area is 174 Å². The van der Waals surface area contributed by atoms with Crippen LogP contribution in [0.2, 0.25) is 0 Å². The highest BCUT2D eigenvalue weighted by Crippen LogP contribution is 2.27. The SMILES string of the molecule is CCOC(=O)Cc1ccc(-n2cnc3cc(-c4ccc(SC)cc4)ccc32)cc1. The Hall–Kier alpha value is -3.05. The van der Waals surface area contributed by atoms with Gasteiger partial charge in [0.2, 0.25) is 0 Å². The van der Waals surface area contributed by atoms with E-state index in [0.717, 1.165) is 27.8 Å². The molecule has 0 amide bonds. The largest absolute Gasteiger partial charge is 0.466 e. The van der Waals surface area contributed by atoms with Crippen LogP contribution in [0.1, 0.15) is 12.5 Å². The molecule has 4 aromatic rings. The Morgan fingerprint density at radius 1 is 1.00 bits per heavy atom. The van der Waals surface area contributed by atoms with Gasteiger partial charge in [-0.1, -0.05) is 30.3 Å². The molecule has 0 saturated heterocycles. The van der Waals surface area contributed by atoms with Crippen LogP contribution in [0, 0.1) is 0 Å². The van der Waals surface area contributed by atoms with E-state index in [1.807, 2.05) is 37.5 Å².